The van der Waals surface area contributed by atoms with Crippen molar-refractivity contribution in [1.29, 1.82) is 0 Å². The van der Waals surface area contributed by atoms with Gasteiger partial charge in [0.15, 0.2) is 0 Å². The van der Waals surface area contributed by atoms with Gasteiger partial charge < -0.3 is 5.32 Å². The maximum absolute atomic E-state index is 4.42. The molecule has 0 radical (unpaired) electrons. The first-order valence-corrected chi connectivity index (χ1v) is 7.08. The second-order valence-electron chi connectivity index (χ2n) is 5.63. The molecule has 0 atom stereocenters. The Morgan fingerprint density at radius 2 is 2.05 bits per heavy atom. The Hall–Kier alpha value is -2.44. The number of nitrogens with zero attached hydrogens (tertiary/aromatic N) is 5. The minimum absolute atomic E-state index is 0.267. The highest BCUT2D eigenvalue weighted by Gasteiger charge is 2.17. The SMILES string of the molecule is CC(C)Nc1nccc2[nH]nc(-c3cn(C(C)C)nn3)c12. The molecule has 0 fully saturated rings. The van der Waals surface area contributed by atoms with E-state index < -0.39 is 0 Å². The molecule has 0 amide bonds. The molecule has 0 aliphatic rings. The van der Waals surface area contributed by atoms with Gasteiger partial charge in [0.25, 0.3) is 0 Å². The van der Waals surface area contributed by atoms with Crippen LogP contribution in [0.2, 0.25) is 0 Å². The number of H-pyrrole nitrogens is 1. The quantitative estimate of drug-likeness (QED) is 0.769. The average Bonchev–Trinajstić information content (AvgIpc) is 3.04. The Balaban J connectivity index is 2.13. The molecule has 3 rings (SSSR count). The van der Waals surface area contributed by atoms with Gasteiger partial charge >= 0.3 is 0 Å². The van der Waals surface area contributed by atoms with Crippen LogP contribution in [0.1, 0.15) is 33.7 Å². The van der Waals surface area contributed by atoms with Crippen LogP contribution < -0.4 is 5.32 Å². The third-order valence-corrected chi connectivity index (χ3v) is 3.18. The molecule has 0 spiro atoms. The van der Waals surface area contributed by atoms with Crippen molar-refractivity contribution in [2.75, 3.05) is 5.32 Å². The zero-order chi connectivity index (χ0) is 15.0. The summed E-state index contributed by atoms with van der Waals surface area (Å²) in [6.45, 7) is 8.29. The van der Waals surface area contributed by atoms with E-state index in [4.69, 9.17) is 0 Å². The molecule has 7 heteroatoms. The summed E-state index contributed by atoms with van der Waals surface area (Å²) in [7, 11) is 0. The van der Waals surface area contributed by atoms with Gasteiger partial charge in [0, 0.05) is 18.3 Å². The van der Waals surface area contributed by atoms with Gasteiger partial charge in [-0.25, -0.2) is 9.67 Å². The Labute approximate surface area is 122 Å². The smallest absolute Gasteiger partial charge is 0.137 e. The van der Waals surface area contributed by atoms with Crippen molar-refractivity contribution in [3.63, 3.8) is 0 Å². The molecule has 7 nitrogen and oxygen atoms in total. The molecule has 110 valence electrons. The molecule has 3 aromatic rings. The number of aromatic nitrogens is 6. The minimum atomic E-state index is 0.267. The van der Waals surface area contributed by atoms with E-state index in [1.54, 1.807) is 6.20 Å². The standard InChI is InChI=1S/C14H19N7/c1-8(2)16-14-12-10(5-6-15-14)17-19-13(12)11-7-21(9(3)4)20-18-11/h5-9H,1-4H3,(H,15,16)(H,17,19). The maximum atomic E-state index is 4.42. The van der Waals surface area contributed by atoms with E-state index in [-0.39, 0.29) is 12.1 Å². The topological polar surface area (TPSA) is 84.3 Å². The highest BCUT2D eigenvalue weighted by Crippen LogP contribution is 2.30. The Morgan fingerprint density at radius 3 is 2.71 bits per heavy atom. The van der Waals surface area contributed by atoms with Gasteiger partial charge in [-0.2, -0.15) is 5.10 Å². The molecule has 0 bridgehead atoms. The summed E-state index contributed by atoms with van der Waals surface area (Å²) < 4.78 is 1.82. The van der Waals surface area contributed by atoms with E-state index in [0.717, 1.165) is 28.1 Å². The van der Waals surface area contributed by atoms with Gasteiger partial charge in [-0.05, 0) is 33.8 Å². The first-order chi connectivity index (χ1) is 10.1. The van der Waals surface area contributed by atoms with E-state index in [1.807, 2.05) is 16.9 Å². The summed E-state index contributed by atoms with van der Waals surface area (Å²) in [6.07, 6.45) is 3.67. The lowest BCUT2D eigenvalue weighted by molar-refractivity contribution is 0.514. The number of hydrogen-bond acceptors (Lipinski definition) is 5. The van der Waals surface area contributed by atoms with Gasteiger partial charge in [0.05, 0.1) is 17.1 Å². The second kappa shape index (κ2) is 5.16. The van der Waals surface area contributed by atoms with E-state index in [1.165, 1.54) is 0 Å². The van der Waals surface area contributed by atoms with Crippen LogP contribution in [0.25, 0.3) is 22.3 Å². The van der Waals surface area contributed by atoms with Crippen molar-refractivity contribution in [3.05, 3.63) is 18.5 Å². The van der Waals surface area contributed by atoms with Crippen LogP contribution in [0, 0.1) is 0 Å². The summed E-state index contributed by atoms with van der Waals surface area (Å²) >= 11 is 0. The third-order valence-electron chi connectivity index (χ3n) is 3.18. The Morgan fingerprint density at radius 1 is 1.24 bits per heavy atom. The second-order valence-corrected chi connectivity index (χ2v) is 5.63. The molecule has 0 saturated heterocycles. The predicted octanol–water partition coefficient (Wildman–Crippen LogP) is 2.62. The van der Waals surface area contributed by atoms with Crippen molar-refractivity contribution >= 4 is 16.7 Å². The molecular weight excluding hydrogens is 266 g/mol. The summed E-state index contributed by atoms with van der Waals surface area (Å²) in [4.78, 5) is 4.42. The van der Waals surface area contributed by atoms with Crippen molar-refractivity contribution in [2.45, 2.75) is 39.8 Å². The molecule has 0 aliphatic carbocycles. The lowest BCUT2D eigenvalue weighted by Crippen LogP contribution is -2.11. The largest absolute Gasteiger partial charge is 0.367 e. The monoisotopic (exact) mass is 285 g/mol. The van der Waals surface area contributed by atoms with Crippen molar-refractivity contribution < 1.29 is 0 Å². The van der Waals surface area contributed by atoms with E-state index in [0.29, 0.717) is 0 Å². The zero-order valence-corrected chi connectivity index (χ0v) is 12.6. The van der Waals surface area contributed by atoms with E-state index in [9.17, 15) is 0 Å². The van der Waals surface area contributed by atoms with Crippen LogP contribution in [0.15, 0.2) is 18.5 Å². The molecular formula is C14H19N7. The van der Waals surface area contributed by atoms with Crippen LogP contribution in [0.4, 0.5) is 5.82 Å². The zero-order valence-electron chi connectivity index (χ0n) is 12.6. The van der Waals surface area contributed by atoms with Gasteiger partial charge in [-0.15, -0.1) is 5.10 Å². The summed E-state index contributed by atoms with van der Waals surface area (Å²) in [6, 6.07) is 2.46. The van der Waals surface area contributed by atoms with Crippen LogP contribution in [-0.4, -0.2) is 36.2 Å². The lowest BCUT2D eigenvalue weighted by atomic mass is 10.2. The van der Waals surface area contributed by atoms with Crippen molar-refractivity contribution in [3.8, 4) is 11.4 Å². The fourth-order valence-electron chi connectivity index (χ4n) is 2.17. The summed E-state index contributed by atoms with van der Waals surface area (Å²) in [5, 5.41) is 20.1. The number of anilines is 1. The van der Waals surface area contributed by atoms with Gasteiger partial charge in [-0.1, -0.05) is 5.21 Å². The molecule has 21 heavy (non-hydrogen) atoms. The predicted molar refractivity (Wildman–Crippen MR) is 82.0 cm³/mol. The molecule has 0 aliphatic heterocycles. The van der Waals surface area contributed by atoms with Crippen molar-refractivity contribution in [1.82, 2.24) is 30.2 Å². The first-order valence-electron chi connectivity index (χ1n) is 7.08. The fourth-order valence-corrected chi connectivity index (χ4v) is 2.17. The van der Waals surface area contributed by atoms with Gasteiger partial charge in [0.2, 0.25) is 0 Å². The van der Waals surface area contributed by atoms with Crippen LogP contribution in [-0.2, 0) is 0 Å². The Bertz CT molecular complexity index is 754. The number of hydrogen-bond donors (Lipinski definition) is 2. The molecule has 0 aromatic carbocycles. The van der Waals surface area contributed by atoms with Gasteiger partial charge in [-0.3, -0.25) is 5.10 Å². The summed E-state index contributed by atoms with van der Waals surface area (Å²) in [5.41, 5.74) is 2.45. The maximum Gasteiger partial charge on any atom is 0.137 e. The lowest BCUT2D eigenvalue weighted by Gasteiger charge is -2.09. The molecule has 3 heterocycles. The van der Waals surface area contributed by atoms with Crippen LogP contribution in [0.5, 0.6) is 0 Å². The Kier molecular flexibility index (Phi) is 3.32. The molecule has 3 aromatic heterocycles. The number of rotatable bonds is 4. The van der Waals surface area contributed by atoms with Crippen LogP contribution in [0.3, 0.4) is 0 Å². The first kappa shape index (κ1) is 13.5. The number of nitrogens with one attached hydrogen (secondary N) is 2. The highest BCUT2D eigenvalue weighted by atomic mass is 15.4. The third kappa shape index (κ3) is 2.46. The molecule has 2 N–H and O–H groups in total. The molecule has 0 unspecified atom stereocenters. The van der Waals surface area contributed by atoms with Crippen LogP contribution >= 0.6 is 0 Å². The number of fused-ring (bicyclic) bond motifs is 1. The molecule has 0 saturated carbocycles. The number of aromatic amines is 1. The average molecular weight is 285 g/mol. The van der Waals surface area contributed by atoms with Gasteiger partial charge in [0.1, 0.15) is 17.2 Å². The normalized spacial score (nSPS) is 11.7. The fraction of sp³-hybridized carbons (Fsp3) is 0.429. The number of pyridine rings is 1. The summed E-state index contributed by atoms with van der Waals surface area (Å²) in [5.74, 6) is 0.811. The van der Waals surface area contributed by atoms with E-state index in [2.05, 4.69) is 58.5 Å². The van der Waals surface area contributed by atoms with E-state index >= 15 is 0 Å². The van der Waals surface area contributed by atoms with Crippen molar-refractivity contribution in [2.24, 2.45) is 0 Å². The highest BCUT2D eigenvalue weighted by molar-refractivity contribution is 5.99. The minimum Gasteiger partial charge on any atom is -0.367 e.